The Labute approximate surface area is 146 Å². The molecule has 6 nitrogen and oxygen atoms in total. The molecule has 0 aliphatic carbocycles. The maximum atomic E-state index is 11.9. The number of anilines is 1. The van der Waals surface area contributed by atoms with Crippen LogP contribution in [0.25, 0.3) is 0 Å². The molecular formula is C19H21N3O3. The Balaban J connectivity index is 1.75. The van der Waals surface area contributed by atoms with Crippen molar-refractivity contribution >= 4 is 23.7 Å². The van der Waals surface area contributed by atoms with Gasteiger partial charge >= 0.3 is 0 Å². The van der Waals surface area contributed by atoms with Crippen LogP contribution in [0.3, 0.4) is 0 Å². The van der Waals surface area contributed by atoms with E-state index in [0.717, 1.165) is 11.1 Å². The van der Waals surface area contributed by atoms with Crippen LogP contribution in [0.2, 0.25) is 0 Å². The van der Waals surface area contributed by atoms with Crippen LogP contribution in [0.15, 0.2) is 53.6 Å². The molecule has 0 saturated carbocycles. The van der Waals surface area contributed by atoms with Gasteiger partial charge in [-0.05, 0) is 24.6 Å². The zero-order valence-corrected chi connectivity index (χ0v) is 14.3. The van der Waals surface area contributed by atoms with E-state index in [0.29, 0.717) is 11.4 Å². The second kappa shape index (κ2) is 9.22. The highest BCUT2D eigenvalue weighted by atomic mass is 16.5. The number of hydrogen-bond acceptors (Lipinski definition) is 4. The molecule has 0 heterocycles. The van der Waals surface area contributed by atoms with Gasteiger partial charge in [0.1, 0.15) is 5.75 Å². The standard InChI is InChI=1S/C19H21N3O3/c1-14-7-9-15(10-8-14)13-20-22-19(24)12-11-18(23)21-16-5-3-4-6-17(16)25-2/h3-10,13H,11-12H2,1-2H3,(H,21,23)(H,22,24). The average molecular weight is 339 g/mol. The van der Waals surface area contributed by atoms with Crippen molar-refractivity contribution in [3.05, 3.63) is 59.7 Å². The fraction of sp³-hybridized carbons (Fsp3) is 0.211. The van der Waals surface area contributed by atoms with Crippen molar-refractivity contribution in [3.8, 4) is 5.75 Å². The highest BCUT2D eigenvalue weighted by Crippen LogP contribution is 2.23. The minimum atomic E-state index is -0.321. The van der Waals surface area contributed by atoms with E-state index in [-0.39, 0.29) is 24.7 Å². The summed E-state index contributed by atoms with van der Waals surface area (Å²) in [6, 6.07) is 14.8. The van der Waals surface area contributed by atoms with E-state index >= 15 is 0 Å². The fourth-order valence-corrected chi connectivity index (χ4v) is 2.07. The molecule has 2 amide bonds. The number of aryl methyl sites for hydroxylation is 1. The van der Waals surface area contributed by atoms with Gasteiger partial charge in [0, 0.05) is 12.8 Å². The number of ether oxygens (including phenoxy) is 1. The fourth-order valence-electron chi connectivity index (χ4n) is 2.07. The van der Waals surface area contributed by atoms with E-state index in [1.54, 1.807) is 24.4 Å². The Morgan fingerprint density at radius 3 is 2.44 bits per heavy atom. The normalized spacial score (nSPS) is 10.5. The van der Waals surface area contributed by atoms with E-state index in [1.165, 1.54) is 7.11 Å². The molecule has 2 aromatic rings. The van der Waals surface area contributed by atoms with Gasteiger partial charge in [-0.3, -0.25) is 9.59 Å². The van der Waals surface area contributed by atoms with Crippen molar-refractivity contribution in [2.45, 2.75) is 19.8 Å². The Morgan fingerprint density at radius 2 is 1.72 bits per heavy atom. The predicted octanol–water partition coefficient (Wildman–Crippen LogP) is 2.87. The first-order valence-electron chi connectivity index (χ1n) is 7.90. The summed E-state index contributed by atoms with van der Waals surface area (Å²) < 4.78 is 5.16. The predicted molar refractivity (Wildman–Crippen MR) is 97.8 cm³/mol. The molecule has 0 spiro atoms. The summed E-state index contributed by atoms with van der Waals surface area (Å²) in [5, 5.41) is 6.61. The second-order valence-corrected chi connectivity index (χ2v) is 5.45. The number of carbonyl (C=O) groups is 2. The lowest BCUT2D eigenvalue weighted by Gasteiger charge is -2.09. The third kappa shape index (κ3) is 6.10. The molecule has 0 aromatic heterocycles. The lowest BCUT2D eigenvalue weighted by Crippen LogP contribution is -2.20. The number of nitrogens with zero attached hydrogens (tertiary/aromatic N) is 1. The zero-order valence-electron chi connectivity index (χ0n) is 14.3. The molecule has 6 heteroatoms. The number of para-hydroxylation sites is 2. The molecule has 2 N–H and O–H groups in total. The number of nitrogens with one attached hydrogen (secondary N) is 2. The summed E-state index contributed by atoms with van der Waals surface area (Å²) in [7, 11) is 1.53. The lowest BCUT2D eigenvalue weighted by atomic mass is 10.2. The van der Waals surface area contributed by atoms with Crippen LogP contribution in [0.4, 0.5) is 5.69 Å². The summed E-state index contributed by atoms with van der Waals surface area (Å²) in [5.74, 6) is -0.0105. The molecule has 130 valence electrons. The van der Waals surface area contributed by atoms with Crippen molar-refractivity contribution < 1.29 is 14.3 Å². The van der Waals surface area contributed by atoms with E-state index in [1.807, 2.05) is 37.3 Å². The minimum absolute atomic E-state index is 0.0478. The second-order valence-electron chi connectivity index (χ2n) is 5.45. The molecule has 0 radical (unpaired) electrons. The smallest absolute Gasteiger partial charge is 0.240 e. The van der Waals surface area contributed by atoms with E-state index in [4.69, 9.17) is 4.74 Å². The van der Waals surface area contributed by atoms with Crippen LogP contribution in [0.5, 0.6) is 5.75 Å². The van der Waals surface area contributed by atoms with Gasteiger partial charge in [-0.1, -0.05) is 42.0 Å². The van der Waals surface area contributed by atoms with Gasteiger partial charge < -0.3 is 10.1 Å². The first-order valence-corrected chi connectivity index (χ1v) is 7.90. The van der Waals surface area contributed by atoms with Gasteiger partial charge in [-0.15, -0.1) is 0 Å². The number of hydrazone groups is 1. The first-order chi connectivity index (χ1) is 12.1. The topological polar surface area (TPSA) is 79.8 Å². The number of amides is 2. The average Bonchev–Trinajstić information content (AvgIpc) is 2.62. The molecule has 0 aliphatic rings. The molecule has 0 aliphatic heterocycles. The number of carbonyl (C=O) groups excluding carboxylic acids is 2. The third-order valence-corrected chi connectivity index (χ3v) is 3.44. The van der Waals surface area contributed by atoms with Gasteiger partial charge in [-0.2, -0.15) is 5.10 Å². The first kappa shape index (κ1) is 18.2. The molecule has 0 bridgehead atoms. The largest absolute Gasteiger partial charge is 0.495 e. The molecular weight excluding hydrogens is 318 g/mol. The molecule has 0 saturated heterocycles. The van der Waals surface area contributed by atoms with Crippen molar-refractivity contribution in [2.24, 2.45) is 5.10 Å². The van der Waals surface area contributed by atoms with Gasteiger partial charge in [-0.25, -0.2) is 5.43 Å². The van der Waals surface area contributed by atoms with Gasteiger partial charge in [0.15, 0.2) is 0 Å². The van der Waals surface area contributed by atoms with Gasteiger partial charge in [0.05, 0.1) is 19.0 Å². The third-order valence-electron chi connectivity index (χ3n) is 3.44. The molecule has 25 heavy (non-hydrogen) atoms. The Kier molecular flexibility index (Phi) is 6.71. The number of rotatable bonds is 7. The lowest BCUT2D eigenvalue weighted by molar-refractivity contribution is -0.124. The molecule has 0 unspecified atom stereocenters. The van der Waals surface area contributed by atoms with Crippen LogP contribution in [-0.4, -0.2) is 25.1 Å². The monoisotopic (exact) mass is 339 g/mol. The maximum absolute atomic E-state index is 11.9. The summed E-state index contributed by atoms with van der Waals surface area (Å²) >= 11 is 0. The van der Waals surface area contributed by atoms with Crippen LogP contribution < -0.4 is 15.5 Å². The summed E-state index contributed by atoms with van der Waals surface area (Å²) in [4.78, 5) is 23.7. The highest BCUT2D eigenvalue weighted by Gasteiger charge is 2.09. The van der Waals surface area contributed by atoms with Crippen LogP contribution >= 0.6 is 0 Å². The molecule has 0 atom stereocenters. The number of methoxy groups -OCH3 is 1. The number of benzene rings is 2. The quantitative estimate of drug-likeness (QED) is 0.601. The Hall–Kier alpha value is -3.15. The van der Waals surface area contributed by atoms with Crippen molar-refractivity contribution in [1.82, 2.24) is 5.43 Å². The van der Waals surface area contributed by atoms with Gasteiger partial charge in [0.25, 0.3) is 0 Å². The van der Waals surface area contributed by atoms with Crippen molar-refractivity contribution in [3.63, 3.8) is 0 Å². The molecule has 2 aromatic carbocycles. The zero-order chi connectivity index (χ0) is 18.1. The van der Waals surface area contributed by atoms with Crippen LogP contribution in [-0.2, 0) is 9.59 Å². The van der Waals surface area contributed by atoms with Crippen molar-refractivity contribution in [1.29, 1.82) is 0 Å². The van der Waals surface area contributed by atoms with Crippen LogP contribution in [0, 0.1) is 6.92 Å². The number of hydrogen-bond donors (Lipinski definition) is 2. The summed E-state index contributed by atoms with van der Waals surface area (Å²) in [5.41, 5.74) is 5.03. The van der Waals surface area contributed by atoms with Crippen molar-refractivity contribution in [2.75, 3.05) is 12.4 Å². The summed E-state index contributed by atoms with van der Waals surface area (Å²) in [6.45, 7) is 2.00. The van der Waals surface area contributed by atoms with Gasteiger partial charge in [0.2, 0.25) is 11.8 Å². The maximum Gasteiger partial charge on any atom is 0.240 e. The SMILES string of the molecule is COc1ccccc1NC(=O)CCC(=O)NN=Cc1ccc(C)cc1. The molecule has 2 rings (SSSR count). The van der Waals surface area contributed by atoms with E-state index < -0.39 is 0 Å². The van der Waals surface area contributed by atoms with E-state index in [2.05, 4.69) is 15.8 Å². The Bertz CT molecular complexity index is 755. The highest BCUT2D eigenvalue weighted by molar-refractivity contribution is 5.94. The Morgan fingerprint density at radius 1 is 1.04 bits per heavy atom. The summed E-state index contributed by atoms with van der Waals surface area (Å²) in [6.07, 6.45) is 1.67. The van der Waals surface area contributed by atoms with Crippen LogP contribution in [0.1, 0.15) is 24.0 Å². The molecule has 0 fully saturated rings. The minimum Gasteiger partial charge on any atom is -0.495 e. The van der Waals surface area contributed by atoms with E-state index in [9.17, 15) is 9.59 Å².